The van der Waals surface area contributed by atoms with E-state index in [1.807, 2.05) is 20.8 Å². The summed E-state index contributed by atoms with van der Waals surface area (Å²) in [5.74, 6) is -0.683. The molecule has 0 heterocycles. The van der Waals surface area contributed by atoms with Crippen molar-refractivity contribution < 1.29 is 13.2 Å². The third-order valence-electron chi connectivity index (χ3n) is 3.34. The number of aryl methyl sites for hydroxylation is 2. The van der Waals surface area contributed by atoms with Crippen molar-refractivity contribution in [3.8, 4) is 0 Å². The Morgan fingerprint density at radius 1 is 1.24 bits per heavy atom. The maximum absolute atomic E-state index is 12.7. The molecule has 21 heavy (non-hydrogen) atoms. The van der Waals surface area contributed by atoms with Crippen LogP contribution >= 0.6 is 0 Å². The molecule has 0 saturated heterocycles. The summed E-state index contributed by atoms with van der Waals surface area (Å²) in [6.45, 7) is 5.53. The SMILES string of the molecule is CCCCN(CC(N)=O)S(=O)(=O)c1cc(C)c(C)cc1N. The van der Waals surface area contributed by atoms with Crippen molar-refractivity contribution in [2.75, 3.05) is 18.8 Å². The molecule has 0 aliphatic rings. The van der Waals surface area contributed by atoms with E-state index in [1.54, 1.807) is 12.1 Å². The highest BCUT2D eigenvalue weighted by molar-refractivity contribution is 7.89. The van der Waals surface area contributed by atoms with E-state index in [-0.39, 0.29) is 23.7 Å². The van der Waals surface area contributed by atoms with Crippen LogP contribution in [0.1, 0.15) is 30.9 Å². The van der Waals surface area contributed by atoms with E-state index in [4.69, 9.17) is 11.5 Å². The number of primary amides is 1. The smallest absolute Gasteiger partial charge is 0.245 e. The van der Waals surface area contributed by atoms with Gasteiger partial charge in [0.2, 0.25) is 15.9 Å². The van der Waals surface area contributed by atoms with Crippen LogP contribution in [0.15, 0.2) is 17.0 Å². The molecular weight excluding hydrogens is 290 g/mol. The second kappa shape index (κ2) is 6.91. The van der Waals surface area contributed by atoms with Crippen LogP contribution in [-0.4, -0.2) is 31.7 Å². The molecule has 0 bridgehead atoms. The van der Waals surface area contributed by atoms with Crippen molar-refractivity contribution in [3.63, 3.8) is 0 Å². The van der Waals surface area contributed by atoms with Gasteiger partial charge in [-0.05, 0) is 43.5 Å². The number of benzene rings is 1. The number of hydrogen-bond donors (Lipinski definition) is 2. The molecule has 0 aliphatic heterocycles. The van der Waals surface area contributed by atoms with Crippen LogP contribution < -0.4 is 11.5 Å². The van der Waals surface area contributed by atoms with Crippen LogP contribution in [0.2, 0.25) is 0 Å². The van der Waals surface area contributed by atoms with Crippen molar-refractivity contribution in [2.24, 2.45) is 5.73 Å². The number of carbonyl (C=O) groups excluding carboxylic acids is 1. The van der Waals surface area contributed by atoms with E-state index in [2.05, 4.69) is 0 Å². The van der Waals surface area contributed by atoms with Crippen molar-refractivity contribution in [3.05, 3.63) is 23.3 Å². The molecule has 0 aliphatic carbocycles. The molecule has 0 spiro atoms. The topological polar surface area (TPSA) is 106 Å². The van der Waals surface area contributed by atoms with Gasteiger partial charge in [0.15, 0.2) is 0 Å². The molecule has 6 nitrogen and oxygen atoms in total. The largest absolute Gasteiger partial charge is 0.398 e. The lowest BCUT2D eigenvalue weighted by Crippen LogP contribution is -2.39. The Morgan fingerprint density at radius 2 is 1.81 bits per heavy atom. The number of unbranched alkanes of at least 4 members (excludes halogenated alkanes) is 1. The minimum absolute atomic E-state index is 0.0305. The fourth-order valence-electron chi connectivity index (χ4n) is 1.97. The number of sulfonamides is 1. The molecule has 1 amide bonds. The normalized spacial score (nSPS) is 11.8. The molecule has 1 rings (SSSR count). The van der Waals surface area contributed by atoms with Crippen molar-refractivity contribution in [2.45, 2.75) is 38.5 Å². The highest BCUT2D eigenvalue weighted by Crippen LogP contribution is 2.26. The first-order valence-corrected chi connectivity index (χ1v) is 8.29. The Morgan fingerprint density at radius 3 is 2.33 bits per heavy atom. The number of rotatable bonds is 7. The summed E-state index contributed by atoms with van der Waals surface area (Å²) in [4.78, 5) is 11.2. The highest BCUT2D eigenvalue weighted by atomic mass is 32.2. The van der Waals surface area contributed by atoms with E-state index < -0.39 is 15.9 Å². The molecule has 7 heteroatoms. The van der Waals surface area contributed by atoms with Gasteiger partial charge in [0, 0.05) is 6.54 Å². The van der Waals surface area contributed by atoms with Crippen LogP contribution in [-0.2, 0) is 14.8 Å². The number of nitrogens with zero attached hydrogens (tertiary/aromatic N) is 1. The van der Waals surface area contributed by atoms with Gasteiger partial charge in [-0.1, -0.05) is 13.3 Å². The zero-order chi connectivity index (χ0) is 16.2. The van der Waals surface area contributed by atoms with Gasteiger partial charge in [0.05, 0.1) is 12.2 Å². The van der Waals surface area contributed by atoms with E-state index >= 15 is 0 Å². The van der Waals surface area contributed by atoms with E-state index in [9.17, 15) is 13.2 Å². The van der Waals surface area contributed by atoms with Crippen LogP contribution in [0.5, 0.6) is 0 Å². The summed E-state index contributed by atoms with van der Waals surface area (Å²) in [6, 6.07) is 3.17. The predicted octanol–water partition coefficient (Wildman–Crippen LogP) is 1.16. The van der Waals surface area contributed by atoms with E-state index in [1.165, 1.54) is 0 Å². The Kier molecular flexibility index (Phi) is 5.74. The van der Waals surface area contributed by atoms with Crippen LogP contribution in [0.3, 0.4) is 0 Å². The average Bonchev–Trinajstić information content (AvgIpc) is 2.38. The van der Waals surface area contributed by atoms with E-state index in [0.29, 0.717) is 6.42 Å². The van der Waals surface area contributed by atoms with E-state index in [0.717, 1.165) is 21.9 Å². The number of carbonyl (C=O) groups is 1. The third-order valence-corrected chi connectivity index (χ3v) is 5.24. The lowest BCUT2D eigenvalue weighted by atomic mass is 10.1. The van der Waals surface area contributed by atoms with Crippen molar-refractivity contribution >= 4 is 21.6 Å². The maximum Gasteiger partial charge on any atom is 0.245 e. The van der Waals surface area contributed by atoms with Gasteiger partial charge in [0.25, 0.3) is 0 Å². The van der Waals surface area contributed by atoms with Gasteiger partial charge >= 0.3 is 0 Å². The molecular formula is C14H23N3O3S. The first-order valence-electron chi connectivity index (χ1n) is 6.85. The monoisotopic (exact) mass is 313 g/mol. The minimum atomic E-state index is -3.83. The minimum Gasteiger partial charge on any atom is -0.398 e. The Balaban J connectivity index is 3.27. The first kappa shape index (κ1) is 17.5. The quantitative estimate of drug-likeness (QED) is 0.737. The van der Waals surface area contributed by atoms with Gasteiger partial charge in [-0.2, -0.15) is 4.31 Å². The zero-order valence-corrected chi connectivity index (χ0v) is 13.5. The lowest BCUT2D eigenvalue weighted by molar-refractivity contribution is -0.118. The summed E-state index contributed by atoms with van der Waals surface area (Å²) in [6.07, 6.45) is 1.46. The number of nitrogens with two attached hydrogens (primary N) is 2. The molecule has 0 fully saturated rings. The molecule has 0 atom stereocenters. The van der Waals surface area contributed by atoms with Crippen LogP contribution in [0, 0.1) is 13.8 Å². The summed E-state index contributed by atoms with van der Waals surface area (Å²) in [5, 5.41) is 0. The molecule has 0 unspecified atom stereocenters. The standard InChI is InChI=1S/C14H23N3O3S/c1-4-5-6-17(9-14(16)18)21(19,20)13-8-11(3)10(2)7-12(13)15/h7-8H,4-6,9,15H2,1-3H3,(H2,16,18). The Bertz CT molecular complexity index is 627. The Hall–Kier alpha value is -1.60. The van der Waals surface area contributed by atoms with Crippen LogP contribution in [0.25, 0.3) is 0 Å². The number of amides is 1. The molecule has 0 radical (unpaired) electrons. The summed E-state index contributed by atoms with van der Waals surface area (Å²) < 4.78 is 26.5. The fourth-order valence-corrected chi connectivity index (χ4v) is 3.59. The molecule has 118 valence electrons. The van der Waals surface area contributed by atoms with Gasteiger partial charge in [-0.3, -0.25) is 4.79 Å². The summed E-state index contributed by atoms with van der Waals surface area (Å²) in [7, 11) is -3.83. The second-order valence-electron chi connectivity index (χ2n) is 5.13. The summed E-state index contributed by atoms with van der Waals surface area (Å²) in [5.41, 5.74) is 12.9. The zero-order valence-electron chi connectivity index (χ0n) is 12.7. The third kappa shape index (κ3) is 4.18. The van der Waals surface area contributed by atoms with Gasteiger partial charge in [-0.15, -0.1) is 0 Å². The average molecular weight is 313 g/mol. The second-order valence-corrected chi connectivity index (χ2v) is 7.04. The number of hydrogen-bond acceptors (Lipinski definition) is 4. The molecule has 1 aromatic carbocycles. The van der Waals surface area contributed by atoms with Gasteiger partial charge in [0.1, 0.15) is 4.90 Å². The predicted molar refractivity (Wildman–Crippen MR) is 83.2 cm³/mol. The first-order chi connectivity index (χ1) is 9.70. The maximum atomic E-state index is 12.7. The lowest BCUT2D eigenvalue weighted by Gasteiger charge is -2.22. The van der Waals surface area contributed by atoms with Gasteiger partial charge in [-0.25, -0.2) is 8.42 Å². The van der Waals surface area contributed by atoms with Crippen molar-refractivity contribution in [1.29, 1.82) is 0 Å². The number of nitrogen functional groups attached to an aromatic ring is 1. The molecule has 0 aromatic heterocycles. The van der Waals surface area contributed by atoms with Crippen molar-refractivity contribution in [1.82, 2.24) is 4.31 Å². The van der Waals surface area contributed by atoms with Gasteiger partial charge < -0.3 is 11.5 Å². The van der Waals surface area contributed by atoms with Crippen LogP contribution in [0.4, 0.5) is 5.69 Å². The molecule has 4 N–H and O–H groups in total. The summed E-state index contributed by atoms with van der Waals surface area (Å²) >= 11 is 0. The highest BCUT2D eigenvalue weighted by Gasteiger charge is 2.27. The fraction of sp³-hybridized carbons (Fsp3) is 0.500. The molecule has 0 saturated carbocycles. The molecule has 1 aromatic rings. The number of anilines is 1. The Labute approximate surface area is 126 Å².